The summed E-state index contributed by atoms with van der Waals surface area (Å²) in [7, 11) is 0. The molecule has 0 saturated heterocycles. The molecule has 2 aromatic rings. The monoisotopic (exact) mass is 298 g/mol. The van der Waals surface area contributed by atoms with E-state index in [4.69, 9.17) is 0 Å². The van der Waals surface area contributed by atoms with Gasteiger partial charge in [0.25, 0.3) is 11.6 Å². The van der Waals surface area contributed by atoms with Gasteiger partial charge >= 0.3 is 0 Å². The highest BCUT2D eigenvalue weighted by molar-refractivity contribution is 5.94. The fourth-order valence-electron chi connectivity index (χ4n) is 2.13. The van der Waals surface area contributed by atoms with Gasteiger partial charge in [0.2, 0.25) is 0 Å². The van der Waals surface area contributed by atoms with Gasteiger partial charge in [-0.15, -0.1) is 0 Å². The number of carbonyl (C=O) groups excluding carboxylic acids is 1. The molecule has 0 saturated carbocycles. The molecule has 114 valence electrons. The molecular weight excluding hydrogens is 280 g/mol. The van der Waals surface area contributed by atoms with E-state index in [2.05, 4.69) is 11.4 Å². The molecule has 5 heteroatoms. The third-order valence-corrected chi connectivity index (χ3v) is 3.72. The normalized spacial score (nSPS) is 11.8. The molecule has 22 heavy (non-hydrogen) atoms. The minimum Gasteiger partial charge on any atom is -0.346 e. The summed E-state index contributed by atoms with van der Waals surface area (Å²) in [6, 6.07) is 11.5. The van der Waals surface area contributed by atoms with Crippen molar-refractivity contribution in [2.24, 2.45) is 0 Å². The van der Waals surface area contributed by atoms with Crippen LogP contribution in [-0.2, 0) is 0 Å². The molecule has 5 nitrogen and oxygen atoms in total. The zero-order valence-electron chi connectivity index (χ0n) is 12.8. The predicted octanol–water partition coefficient (Wildman–Crippen LogP) is 3.70. The Balaban J connectivity index is 2.10. The van der Waals surface area contributed by atoms with Crippen molar-refractivity contribution in [1.29, 1.82) is 0 Å². The maximum Gasteiger partial charge on any atom is 0.269 e. The number of carbonyl (C=O) groups is 1. The standard InChI is InChI=1S/C17H18N2O3/c1-11-4-5-15(10-12(11)2)13(3)18-17(20)14-6-8-16(9-7-14)19(21)22/h4-10,13H,1-3H3,(H,18,20). The molecule has 0 aromatic heterocycles. The highest BCUT2D eigenvalue weighted by Gasteiger charge is 2.13. The van der Waals surface area contributed by atoms with Gasteiger partial charge in [0.1, 0.15) is 0 Å². The van der Waals surface area contributed by atoms with E-state index in [1.807, 2.05) is 32.9 Å². The highest BCUT2D eigenvalue weighted by Crippen LogP contribution is 2.18. The van der Waals surface area contributed by atoms with Crippen LogP contribution in [0.15, 0.2) is 42.5 Å². The van der Waals surface area contributed by atoms with E-state index in [-0.39, 0.29) is 17.6 Å². The lowest BCUT2D eigenvalue weighted by Crippen LogP contribution is -2.26. The maximum absolute atomic E-state index is 12.2. The third kappa shape index (κ3) is 3.49. The molecule has 2 aromatic carbocycles. The molecular formula is C17H18N2O3. The zero-order chi connectivity index (χ0) is 16.3. The van der Waals surface area contributed by atoms with E-state index in [1.54, 1.807) is 0 Å². The molecule has 1 amide bonds. The minimum absolute atomic E-state index is 0.0289. The van der Waals surface area contributed by atoms with Crippen LogP contribution in [0.4, 0.5) is 5.69 Å². The first kappa shape index (κ1) is 15.7. The van der Waals surface area contributed by atoms with Gasteiger partial charge < -0.3 is 5.32 Å². The van der Waals surface area contributed by atoms with E-state index in [9.17, 15) is 14.9 Å². The van der Waals surface area contributed by atoms with Crippen LogP contribution in [0.25, 0.3) is 0 Å². The van der Waals surface area contributed by atoms with E-state index in [1.165, 1.54) is 35.4 Å². The summed E-state index contributed by atoms with van der Waals surface area (Å²) in [6.07, 6.45) is 0. The second-order valence-electron chi connectivity index (χ2n) is 5.34. The summed E-state index contributed by atoms with van der Waals surface area (Å²) >= 11 is 0. The molecule has 0 spiro atoms. The van der Waals surface area contributed by atoms with E-state index < -0.39 is 4.92 Å². The van der Waals surface area contributed by atoms with Crippen molar-refractivity contribution in [3.8, 4) is 0 Å². The Morgan fingerprint density at radius 1 is 1.09 bits per heavy atom. The number of hydrogen-bond donors (Lipinski definition) is 1. The molecule has 0 heterocycles. The van der Waals surface area contributed by atoms with Crippen molar-refractivity contribution in [2.75, 3.05) is 0 Å². The SMILES string of the molecule is Cc1ccc(C(C)NC(=O)c2ccc([N+](=O)[O-])cc2)cc1C. The molecule has 1 atom stereocenters. The van der Waals surface area contributed by atoms with Crippen LogP contribution >= 0.6 is 0 Å². The van der Waals surface area contributed by atoms with Crippen molar-refractivity contribution >= 4 is 11.6 Å². The van der Waals surface area contributed by atoms with Gasteiger partial charge in [-0.1, -0.05) is 18.2 Å². The number of nitro groups is 1. The fraction of sp³-hybridized carbons (Fsp3) is 0.235. The first-order valence-electron chi connectivity index (χ1n) is 7.01. The summed E-state index contributed by atoms with van der Waals surface area (Å²) in [5.74, 6) is -0.249. The van der Waals surface area contributed by atoms with Crippen molar-refractivity contribution < 1.29 is 9.72 Å². The summed E-state index contributed by atoms with van der Waals surface area (Å²) in [5, 5.41) is 13.5. The second-order valence-corrected chi connectivity index (χ2v) is 5.34. The average Bonchev–Trinajstić information content (AvgIpc) is 2.50. The van der Waals surface area contributed by atoms with Gasteiger partial charge in [-0.05, 0) is 49.6 Å². The average molecular weight is 298 g/mol. The summed E-state index contributed by atoms with van der Waals surface area (Å²) in [4.78, 5) is 22.3. The van der Waals surface area contributed by atoms with E-state index >= 15 is 0 Å². The Morgan fingerprint density at radius 3 is 2.27 bits per heavy atom. The Hall–Kier alpha value is -2.69. The molecule has 0 bridgehead atoms. The van der Waals surface area contributed by atoms with Gasteiger partial charge in [-0.3, -0.25) is 14.9 Å². The fourth-order valence-corrected chi connectivity index (χ4v) is 2.13. The Labute approximate surface area is 129 Å². The molecule has 0 aliphatic rings. The van der Waals surface area contributed by atoms with Crippen LogP contribution < -0.4 is 5.32 Å². The molecule has 0 fully saturated rings. The van der Waals surface area contributed by atoms with Crippen LogP contribution in [0.5, 0.6) is 0 Å². The van der Waals surface area contributed by atoms with Crippen LogP contribution in [0.1, 0.15) is 40.0 Å². The first-order valence-corrected chi connectivity index (χ1v) is 7.01. The number of aryl methyl sites for hydroxylation is 2. The highest BCUT2D eigenvalue weighted by atomic mass is 16.6. The van der Waals surface area contributed by atoms with Crippen molar-refractivity contribution in [3.63, 3.8) is 0 Å². The van der Waals surface area contributed by atoms with Gasteiger partial charge in [-0.2, -0.15) is 0 Å². The quantitative estimate of drug-likeness (QED) is 0.691. The largest absolute Gasteiger partial charge is 0.346 e. The second kappa shape index (κ2) is 6.39. The summed E-state index contributed by atoms with van der Waals surface area (Å²) < 4.78 is 0. The van der Waals surface area contributed by atoms with E-state index in [0.29, 0.717) is 5.56 Å². The van der Waals surface area contributed by atoms with Crippen LogP contribution in [-0.4, -0.2) is 10.8 Å². The molecule has 1 unspecified atom stereocenters. The first-order chi connectivity index (χ1) is 10.4. The Kier molecular flexibility index (Phi) is 4.56. The number of benzene rings is 2. The third-order valence-electron chi connectivity index (χ3n) is 3.72. The van der Waals surface area contributed by atoms with Gasteiger partial charge in [-0.25, -0.2) is 0 Å². The number of nitrogens with zero attached hydrogens (tertiary/aromatic N) is 1. The number of amides is 1. The van der Waals surface area contributed by atoms with Crippen LogP contribution in [0.2, 0.25) is 0 Å². The summed E-state index contributed by atoms with van der Waals surface area (Å²) in [5.41, 5.74) is 3.78. The smallest absolute Gasteiger partial charge is 0.269 e. The molecule has 0 aliphatic carbocycles. The lowest BCUT2D eigenvalue weighted by atomic mass is 10.0. The van der Waals surface area contributed by atoms with E-state index in [0.717, 1.165) is 5.56 Å². The molecule has 0 radical (unpaired) electrons. The number of rotatable bonds is 4. The van der Waals surface area contributed by atoms with Gasteiger partial charge in [0.15, 0.2) is 0 Å². The molecule has 1 N–H and O–H groups in total. The topological polar surface area (TPSA) is 72.2 Å². The lowest BCUT2D eigenvalue weighted by Gasteiger charge is -2.15. The Morgan fingerprint density at radius 2 is 1.73 bits per heavy atom. The molecule has 0 aliphatic heterocycles. The lowest BCUT2D eigenvalue weighted by molar-refractivity contribution is -0.384. The van der Waals surface area contributed by atoms with Gasteiger partial charge in [0, 0.05) is 17.7 Å². The zero-order valence-corrected chi connectivity index (χ0v) is 12.8. The van der Waals surface area contributed by atoms with Gasteiger partial charge in [0.05, 0.1) is 11.0 Å². The van der Waals surface area contributed by atoms with Crippen molar-refractivity contribution in [1.82, 2.24) is 5.32 Å². The number of hydrogen-bond acceptors (Lipinski definition) is 3. The molecule has 2 rings (SSSR count). The van der Waals surface area contributed by atoms with Crippen molar-refractivity contribution in [3.05, 3.63) is 74.8 Å². The minimum atomic E-state index is -0.487. The van der Waals surface area contributed by atoms with Crippen LogP contribution in [0, 0.1) is 24.0 Å². The number of non-ortho nitro benzene ring substituents is 1. The predicted molar refractivity (Wildman–Crippen MR) is 84.9 cm³/mol. The summed E-state index contributed by atoms with van der Waals surface area (Å²) in [6.45, 7) is 5.98. The number of nitro benzene ring substituents is 1. The Bertz CT molecular complexity index is 708. The van der Waals surface area contributed by atoms with Crippen molar-refractivity contribution in [2.45, 2.75) is 26.8 Å². The maximum atomic E-state index is 12.2. The number of nitrogens with one attached hydrogen (secondary N) is 1. The van der Waals surface area contributed by atoms with Crippen LogP contribution in [0.3, 0.4) is 0 Å².